The van der Waals surface area contributed by atoms with E-state index in [2.05, 4.69) is 11.4 Å². The van der Waals surface area contributed by atoms with Crippen LogP contribution >= 0.6 is 0 Å². The molecule has 178 valence electrons. The average Bonchev–Trinajstić information content (AvgIpc) is 2.84. The maximum absolute atomic E-state index is 13.2. The number of methoxy groups -OCH3 is 1. The Morgan fingerprint density at radius 1 is 1.06 bits per heavy atom. The van der Waals surface area contributed by atoms with Gasteiger partial charge in [-0.3, -0.25) is 4.79 Å². The number of rotatable bonds is 7. The minimum Gasteiger partial charge on any atom is -0.495 e. The van der Waals surface area contributed by atoms with Gasteiger partial charge in [-0.05, 0) is 74.1 Å². The van der Waals surface area contributed by atoms with Crippen molar-refractivity contribution < 1.29 is 27.4 Å². The molecule has 0 radical (unpaired) electrons. The van der Waals surface area contributed by atoms with E-state index in [9.17, 15) is 13.2 Å². The lowest BCUT2D eigenvalue weighted by atomic mass is 9.92. The van der Waals surface area contributed by atoms with Crippen molar-refractivity contribution in [2.75, 3.05) is 38.7 Å². The number of sulfonamides is 1. The summed E-state index contributed by atoms with van der Waals surface area (Å²) in [6, 6.07) is 10.6. The number of ether oxygens (including phenoxy) is 3. The van der Waals surface area contributed by atoms with Gasteiger partial charge in [-0.2, -0.15) is 4.31 Å². The lowest BCUT2D eigenvalue weighted by Crippen LogP contribution is -2.40. The molecule has 2 aromatic rings. The summed E-state index contributed by atoms with van der Waals surface area (Å²) >= 11 is 0. The molecule has 8 nitrogen and oxygen atoms in total. The molecule has 1 heterocycles. The molecule has 1 aliphatic heterocycles. The van der Waals surface area contributed by atoms with E-state index in [1.165, 1.54) is 47.5 Å². The van der Waals surface area contributed by atoms with Crippen molar-refractivity contribution in [3.8, 4) is 11.5 Å². The fraction of sp³-hybridized carbons (Fsp3) is 0.458. The first kappa shape index (κ1) is 23.5. The second-order valence-corrected chi connectivity index (χ2v) is 10.2. The van der Waals surface area contributed by atoms with Crippen molar-refractivity contribution in [2.45, 2.75) is 43.6 Å². The van der Waals surface area contributed by atoms with Gasteiger partial charge in [0.15, 0.2) is 6.10 Å². The van der Waals surface area contributed by atoms with E-state index >= 15 is 0 Å². The molecule has 0 bridgehead atoms. The number of fused-ring (bicyclic) bond motifs is 1. The SMILES string of the molecule is COc1ccc(NC(=O)[C@@H](C)Oc2ccc3c(c2)CCCC3)cc1S(=O)(=O)N1CCOCC1. The highest BCUT2D eigenvalue weighted by Crippen LogP contribution is 2.30. The second-order valence-electron chi connectivity index (χ2n) is 8.27. The van der Waals surface area contributed by atoms with E-state index in [-0.39, 0.29) is 29.6 Å². The van der Waals surface area contributed by atoms with Crippen LogP contribution in [0.1, 0.15) is 30.9 Å². The topological polar surface area (TPSA) is 94.2 Å². The zero-order chi connectivity index (χ0) is 23.4. The van der Waals surface area contributed by atoms with Crippen LogP contribution in [0.25, 0.3) is 0 Å². The highest BCUT2D eigenvalue weighted by atomic mass is 32.2. The standard InChI is InChI=1S/C24H30N2O6S/c1-17(32-21-9-7-18-5-3-4-6-19(18)15-21)24(27)25-20-8-10-22(30-2)23(16-20)33(28,29)26-11-13-31-14-12-26/h7-10,15-17H,3-6,11-14H2,1-2H3,(H,25,27)/t17-/m1/s1. The summed E-state index contributed by atoms with van der Waals surface area (Å²) in [6.07, 6.45) is 3.72. The Kier molecular flexibility index (Phi) is 7.21. The third-order valence-corrected chi connectivity index (χ3v) is 7.94. The number of hydrogen-bond donors (Lipinski definition) is 1. The van der Waals surface area contributed by atoms with Crippen LogP contribution in [0.15, 0.2) is 41.3 Å². The summed E-state index contributed by atoms with van der Waals surface area (Å²) in [5.74, 6) is 0.508. The van der Waals surface area contributed by atoms with Gasteiger partial charge in [0, 0.05) is 18.8 Å². The fourth-order valence-corrected chi connectivity index (χ4v) is 5.76. The fourth-order valence-electron chi connectivity index (χ4n) is 4.17. The van der Waals surface area contributed by atoms with Crippen molar-refractivity contribution >= 4 is 21.6 Å². The lowest BCUT2D eigenvalue weighted by molar-refractivity contribution is -0.122. The maximum Gasteiger partial charge on any atom is 0.265 e. The Bertz CT molecular complexity index is 1110. The number of aryl methyl sites for hydroxylation is 2. The number of nitrogens with zero attached hydrogens (tertiary/aromatic N) is 1. The largest absolute Gasteiger partial charge is 0.495 e. The zero-order valence-corrected chi connectivity index (χ0v) is 19.8. The number of hydrogen-bond acceptors (Lipinski definition) is 6. The molecule has 1 amide bonds. The summed E-state index contributed by atoms with van der Waals surface area (Å²) in [5, 5.41) is 2.76. The molecule has 1 saturated heterocycles. The van der Waals surface area contributed by atoms with E-state index in [0.717, 1.165) is 12.8 Å². The molecule has 1 atom stereocenters. The number of anilines is 1. The van der Waals surface area contributed by atoms with Gasteiger partial charge >= 0.3 is 0 Å². The predicted octanol–water partition coefficient (Wildman–Crippen LogP) is 3.00. The first-order valence-corrected chi connectivity index (χ1v) is 12.7. The molecule has 0 spiro atoms. The van der Waals surface area contributed by atoms with Crippen molar-refractivity contribution in [3.63, 3.8) is 0 Å². The molecule has 4 rings (SSSR count). The number of carbonyl (C=O) groups excluding carboxylic acids is 1. The van der Waals surface area contributed by atoms with E-state index in [0.29, 0.717) is 24.7 Å². The third kappa shape index (κ3) is 5.31. The van der Waals surface area contributed by atoms with Gasteiger partial charge in [0.05, 0.1) is 20.3 Å². The van der Waals surface area contributed by atoms with Crippen LogP contribution in [-0.2, 0) is 32.4 Å². The Hall–Kier alpha value is -2.62. The lowest BCUT2D eigenvalue weighted by Gasteiger charge is -2.27. The molecule has 0 unspecified atom stereocenters. The van der Waals surface area contributed by atoms with E-state index in [1.807, 2.05) is 12.1 Å². The Morgan fingerprint density at radius 2 is 1.79 bits per heavy atom. The van der Waals surface area contributed by atoms with E-state index in [4.69, 9.17) is 14.2 Å². The van der Waals surface area contributed by atoms with Crippen LogP contribution in [0, 0.1) is 0 Å². The van der Waals surface area contributed by atoms with Gasteiger partial charge in [0.2, 0.25) is 10.0 Å². The highest BCUT2D eigenvalue weighted by Gasteiger charge is 2.30. The Balaban J connectivity index is 1.48. The highest BCUT2D eigenvalue weighted by molar-refractivity contribution is 7.89. The predicted molar refractivity (Wildman–Crippen MR) is 124 cm³/mol. The summed E-state index contributed by atoms with van der Waals surface area (Å²) in [5.41, 5.74) is 2.98. The first-order valence-electron chi connectivity index (χ1n) is 11.2. The summed E-state index contributed by atoms with van der Waals surface area (Å²) in [4.78, 5) is 12.8. The van der Waals surface area contributed by atoms with Gasteiger partial charge < -0.3 is 19.5 Å². The minimum atomic E-state index is -3.79. The van der Waals surface area contributed by atoms with Gasteiger partial charge in [0.25, 0.3) is 5.91 Å². The maximum atomic E-state index is 13.2. The molecule has 2 aromatic carbocycles. The number of nitrogens with one attached hydrogen (secondary N) is 1. The molecule has 33 heavy (non-hydrogen) atoms. The average molecular weight is 475 g/mol. The van der Waals surface area contributed by atoms with Crippen LogP contribution in [0.5, 0.6) is 11.5 Å². The van der Waals surface area contributed by atoms with Crippen LogP contribution in [0.4, 0.5) is 5.69 Å². The summed E-state index contributed by atoms with van der Waals surface area (Å²) in [6.45, 7) is 2.90. The first-order chi connectivity index (χ1) is 15.9. The number of amides is 1. The van der Waals surface area contributed by atoms with Crippen LogP contribution in [0.2, 0.25) is 0 Å². The molecule has 1 N–H and O–H groups in total. The van der Waals surface area contributed by atoms with Crippen LogP contribution in [0.3, 0.4) is 0 Å². The van der Waals surface area contributed by atoms with Crippen LogP contribution in [-0.4, -0.2) is 58.1 Å². The van der Waals surface area contributed by atoms with Crippen molar-refractivity contribution in [2.24, 2.45) is 0 Å². The van der Waals surface area contributed by atoms with Gasteiger partial charge in [0.1, 0.15) is 16.4 Å². The molecule has 0 aromatic heterocycles. The van der Waals surface area contributed by atoms with E-state index < -0.39 is 16.1 Å². The van der Waals surface area contributed by atoms with Crippen molar-refractivity contribution in [1.82, 2.24) is 4.31 Å². The van der Waals surface area contributed by atoms with Gasteiger partial charge in [-0.15, -0.1) is 0 Å². The Labute approximate surface area is 194 Å². The monoisotopic (exact) mass is 474 g/mol. The normalized spacial score (nSPS) is 17.6. The molecular formula is C24H30N2O6S. The summed E-state index contributed by atoms with van der Waals surface area (Å²) < 4.78 is 44.1. The van der Waals surface area contributed by atoms with Gasteiger partial charge in [-0.25, -0.2) is 8.42 Å². The number of morpholine rings is 1. The minimum absolute atomic E-state index is 0.00737. The van der Waals surface area contributed by atoms with E-state index in [1.54, 1.807) is 13.0 Å². The second kappa shape index (κ2) is 10.1. The van der Waals surface area contributed by atoms with Crippen molar-refractivity contribution in [1.29, 1.82) is 0 Å². The molecular weight excluding hydrogens is 444 g/mol. The molecule has 2 aliphatic rings. The van der Waals surface area contributed by atoms with Gasteiger partial charge in [-0.1, -0.05) is 6.07 Å². The van der Waals surface area contributed by atoms with Crippen molar-refractivity contribution in [3.05, 3.63) is 47.5 Å². The smallest absolute Gasteiger partial charge is 0.265 e. The summed E-state index contributed by atoms with van der Waals surface area (Å²) in [7, 11) is -2.38. The molecule has 9 heteroatoms. The Morgan fingerprint density at radius 3 is 2.52 bits per heavy atom. The third-order valence-electron chi connectivity index (χ3n) is 6.02. The molecule has 1 fully saturated rings. The molecule has 1 aliphatic carbocycles. The zero-order valence-electron chi connectivity index (χ0n) is 19.0. The molecule has 0 saturated carbocycles. The van der Waals surface area contributed by atoms with Crippen LogP contribution < -0.4 is 14.8 Å². The number of benzene rings is 2. The number of carbonyl (C=O) groups is 1. The quantitative estimate of drug-likeness (QED) is 0.663.